The predicted octanol–water partition coefficient (Wildman–Crippen LogP) is -0.876. The molecule has 4 atom stereocenters. The molecule has 198 valence electrons. The molecular weight excluding hydrogens is 470 g/mol. The first-order chi connectivity index (χ1) is 17.2. The maximum absolute atomic E-state index is 13.0. The molecule has 1 aliphatic rings. The molecule has 1 aromatic carbocycles. The third kappa shape index (κ3) is 9.62. The van der Waals surface area contributed by atoms with E-state index in [2.05, 4.69) is 21.3 Å². The molecule has 8 N–H and O–H groups in total. The zero-order valence-corrected chi connectivity index (χ0v) is 20.1. The molecule has 0 aromatic heterocycles. The van der Waals surface area contributed by atoms with Crippen molar-refractivity contribution in [3.8, 4) is 0 Å². The third-order valence-corrected chi connectivity index (χ3v) is 5.87. The van der Waals surface area contributed by atoms with Gasteiger partial charge in [-0.15, -0.1) is 0 Å². The normalized spacial score (nSPS) is 17.4. The van der Waals surface area contributed by atoms with Gasteiger partial charge >= 0.3 is 11.9 Å². The van der Waals surface area contributed by atoms with Crippen molar-refractivity contribution in [2.75, 3.05) is 13.1 Å². The highest BCUT2D eigenvalue weighted by Crippen LogP contribution is 2.09. The van der Waals surface area contributed by atoms with Gasteiger partial charge in [0, 0.05) is 6.42 Å². The average Bonchev–Trinajstić information content (AvgIpc) is 3.38. The van der Waals surface area contributed by atoms with Gasteiger partial charge < -0.3 is 37.2 Å². The van der Waals surface area contributed by atoms with Crippen LogP contribution >= 0.6 is 0 Å². The van der Waals surface area contributed by atoms with E-state index in [1.54, 1.807) is 30.3 Å². The maximum atomic E-state index is 13.0. The SMILES string of the molecule is NCCCCC(NC(=O)C1CCCN1)C(=O)NC(CC(=O)O)C(=O)NC(Cc1ccccc1)C(=O)O. The van der Waals surface area contributed by atoms with Crippen LogP contribution in [0.3, 0.4) is 0 Å². The number of unbranched alkanes of at least 4 members (excludes halogenated alkanes) is 1. The van der Waals surface area contributed by atoms with E-state index in [0.717, 1.165) is 6.42 Å². The van der Waals surface area contributed by atoms with Gasteiger partial charge in [-0.2, -0.15) is 0 Å². The minimum Gasteiger partial charge on any atom is -0.481 e. The second-order valence-electron chi connectivity index (χ2n) is 8.74. The van der Waals surface area contributed by atoms with E-state index in [1.807, 2.05) is 0 Å². The number of carbonyl (C=O) groups excluding carboxylic acids is 3. The number of amides is 3. The summed E-state index contributed by atoms with van der Waals surface area (Å²) in [5, 5.41) is 29.3. The number of nitrogens with two attached hydrogens (primary N) is 1. The highest BCUT2D eigenvalue weighted by atomic mass is 16.4. The molecule has 1 saturated heterocycles. The molecule has 1 heterocycles. The standard InChI is InChI=1S/C24H35N5O7/c25-11-5-4-9-17(27-21(32)16-10-6-12-26-16)22(33)28-18(14-20(30)31)23(34)29-19(24(35)36)13-15-7-2-1-3-8-15/h1-3,7-8,16-19,26H,4-6,9-14,25H2,(H,27,32)(H,28,33)(H,29,34)(H,30,31)(H,35,36). The molecular formula is C24H35N5O7. The van der Waals surface area contributed by atoms with Crippen LogP contribution in [0.25, 0.3) is 0 Å². The Bertz CT molecular complexity index is 905. The number of carbonyl (C=O) groups is 5. The number of rotatable bonds is 15. The Kier molecular flexibility index (Phi) is 11.8. The van der Waals surface area contributed by atoms with Crippen molar-refractivity contribution in [3.63, 3.8) is 0 Å². The van der Waals surface area contributed by atoms with Crippen LogP contribution in [0, 0.1) is 0 Å². The molecule has 0 saturated carbocycles. The fraction of sp³-hybridized carbons (Fsp3) is 0.542. The molecule has 4 unspecified atom stereocenters. The number of benzene rings is 1. The van der Waals surface area contributed by atoms with Crippen molar-refractivity contribution in [2.24, 2.45) is 5.73 Å². The molecule has 0 bridgehead atoms. The number of carboxylic acid groups (broad SMARTS) is 2. The molecule has 2 rings (SSSR count). The van der Waals surface area contributed by atoms with Crippen molar-refractivity contribution < 1.29 is 34.2 Å². The third-order valence-electron chi connectivity index (χ3n) is 5.87. The van der Waals surface area contributed by atoms with E-state index in [4.69, 9.17) is 5.73 Å². The quantitative estimate of drug-likeness (QED) is 0.148. The van der Waals surface area contributed by atoms with Crippen LogP contribution < -0.4 is 27.0 Å². The summed E-state index contributed by atoms with van der Waals surface area (Å²) in [5.41, 5.74) is 6.19. The number of hydrogen-bond acceptors (Lipinski definition) is 7. The largest absolute Gasteiger partial charge is 0.481 e. The predicted molar refractivity (Wildman–Crippen MR) is 130 cm³/mol. The van der Waals surface area contributed by atoms with Gasteiger partial charge in [0.2, 0.25) is 17.7 Å². The van der Waals surface area contributed by atoms with Gasteiger partial charge in [0.05, 0.1) is 12.5 Å². The van der Waals surface area contributed by atoms with Gasteiger partial charge in [-0.1, -0.05) is 30.3 Å². The zero-order valence-electron chi connectivity index (χ0n) is 20.1. The lowest BCUT2D eigenvalue weighted by atomic mass is 10.0. The minimum absolute atomic E-state index is 0.0260. The van der Waals surface area contributed by atoms with Gasteiger partial charge in [0.15, 0.2) is 0 Å². The van der Waals surface area contributed by atoms with E-state index in [-0.39, 0.29) is 18.7 Å². The van der Waals surface area contributed by atoms with Crippen molar-refractivity contribution in [1.29, 1.82) is 0 Å². The van der Waals surface area contributed by atoms with Crippen LogP contribution in [0.2, 0.25) is 0 Å². The van der Waals surface area contributed by atoms with Gasteiger partial charge in [-0.25, -0.2) is 4.79 Å². The zero-order chi connectivity index (χ0) is 26.5. The van der Waals surface area contributed by atoms with Crippen LogP contribution in [0.5, 0.6) is 0 Å². The monoisotopic (exact) mass is 505 g/mol. The van der Waals surface area contributed by atoms with E-state index < -0.39 is 54.3 Å². The Balaban J connectivity index is 2.10. The van der Waals surface area contributed by atoms with Crippen LogP contribution in [-0.2, 0) is 30.4 Å². The Labute approximate surface area is 209 Å². The minimum atomic E-state index is -1.54. The van der Waals surface area contributed by atoms with E-state index >= 15 is 0 Å². The molecule has 1 aromatic rings. The Morgan fingerprint density at radius 3 is 2.19 bits per heavy atom. The van der Waals surface area contributed by atoms with Gasteiger partial charge in [-0.05, 0) is 50.8 Å². The molecule has 0 radical (unpaired) electrons. The summed E-state index contributed by atoms with van der Waals surface area (Å²) >= 11 is 0. The topological polar surface area (TPSA) is 200 Å². The first-order valence-corrected chi connectivity index (χ1v) is 12.0. The molecule has 3 amide bonds. The Hall–Kier alpha value is -3.51. The number of aliphatic carboxylic acids is 2. The second kappa shape index (κ2) is 14.8. The van der Waals surface area contributed by atoms with E-state index in [9.17, 15) is 34.2 Å². The van der Waals surface area contributed by atoms with Gasteiger partial charge in [-0.3, -0.25) is 19.2 Å². The van der Waals surface area contributed by atoms with Crippen molar-refractivity contribution in [2.45, 2.75) is 69.1 Å². The fourth-order valence-electron chi connectivity index (χ4n) is 3.92. The summed E-state index contributed by atoms with van der Waals surface area (Å²) in [5.74, 6) is -4.69. The van der Waals surface area contributed by atoms with Crippen LogP contribution in [-0.4, -0.2) is 77.1 Å². The summed E-state index contributed by atoms with van der Waals surface area (Å²) in [7, 11) is 0. The first-order valence-electron chi connectivity index (χ1n) is 12.0. The highest BCUT2D eigenvalue weighted by molar-refractivity contribution is 5.95. The summed E-state index contributed by atoms with van der Waals surface area (Å²) in [6, 6.07) is 4.32. The van der Waals surface area contributed by atoms with E-state index in [1.165, 1.54) is 0 Å². The number of carboxylic acids is 2. The molecule has 12 heteroatoms. The second-order valence-corrected chi connectivity index (χ2v) is 8.74. The first kappa shape index (κ1) is 28.7. The average molecular weight is 506 g/mol. The van der Waals surface area contributed by atoms with Crippen molar-refractivity contribution in [3.05, 3.63) is 35.9 Å². The van der Waals surface area contributed by atoms with Gasteiger partial charge in [0.25, 0.3) is 0 Å². The summed E-state index contributed by atoms with van der Waals surface area (Å²) in [4.78, 5) is 61.6. The van der Waals surface area contributed by atoms with E-state index in [0.29, 0.717) is 37.9 Å². The number of hydrogen-bond donors (Lipinski definition) is 7. The van der Waals surface area contributed by atoms with Crippen molar-refractivity contribution >= 4 is 29.7 Å². The molecule has 36 heavy (non-hydrogen) atoms. The Morgan fingerprint density at radius 1 is 0.944 bits per heavy atom. The summed E-state index contributed by atoms with van der Waals surface area (Å²) in [6.45, 7) is 1.09. The molecule has 1 aliphatic heterocycles. The summed E-state index contributed by atoms with van der Waals surface area (Å²) < 4.78 is 0. The lowest BCUT2D eigenvalue weighted by molar-refractivity contribution is -0.143. The summed E-state index contributed by atoms with van der Waals surface area (Å²) in [6.07, 6.45) is 2.06. The highest BCUT2D eigenvalue weighted by Gasteiger charge is 2.32. The molecule has 0 spiro atoms. The van der Waals surface area contributed by atoms with Crippen molar-refractivity contribution in [1.82, 2.24) is 21.3 Å². The smallest absolute Gasteiger partial charge is 0.326 e. The fourth-order valence-corrected chi connectivity index (χ4v) is 3.92. The van der Waals surface area contributed by atoms with Crippen LogP contribution in [0.4, 0.5) is 0 Å². The lowest BCUT2D eigenvalue weighted by Crippen LogP contribution is -2.57. The molecule has 0 aliphatic carbocycles. The number of nitrogens with one attached hydrogen (secondary N) is 4. The lowest BCUT2D eigenvalue weighted by Gasteiger charge is -2.24. The molecule has 1 fully saturated rings. The molecule has 12 nitrogen and oxygen atoms in total. The maximum Gasteiger partial charge on any atom is 0.326 e. The van der Waals surface area contributed by atoms with Gasteiger partial charge in [0.1, 0.15) is 18.1 Å². The van der Waals surface area contributed by atoms with Crippen LogP contribution in [0.1, 0.15) is 44.1 Å². The Morgan fingerprint density at radius 2 is 1.61 bits per heavy atom. The van der Waals surface area contributed by atoms with Crippen LogP contribution in [0.15, 0.2) is 30.3 Å².